The molecular weight excluding hydrogens is 373 g/mol. The molecule has 0 saturated carbocycles. The molecule has 0 fully saturated rings. The second kappa shape index (κ2) is 8.55. The summed E-state index contributed by atoms with van der Waals surface area (Å²) in [7, 11) is 0. The van der Waals surface area contributed by atoms with Crippen LogP contribution < -0.4 is 9.64 Å². The molecule has 27 heavy (non-hydrogen) atoms. The number of imide groups is 1. The zero-order valence-corrected chi connectivity index (χ0v) is 15.7. The lowest BCUT2D eigenvalue weighted by Crippen LogP contribution is -2.32. The van der Waals surface area contributed by atoms with Crippen molar-refractivity contribution in [3.8, 4) is 17.6 Å². The van der Waals surface area contributed by atoms with E-state index in [1.807, 2.05) is 6.92 Å². The lowest BCUT2D eigenvalue weighted by atomic mass is 9.93. The van der Waals surface area contributed by atoms with Crippen LogP contribution in [0.5, 0.6) is 5.75 Å². The van der Waals surface area contributed by atoms with Gasteiger partial charge >= 0.3 is 0 Å². The van der Waals surface area contributed by atoms with Gasteiger partial charge in [0.15, 0.2) is 0 Å². The first-order chi connectivity index (χ1) is 13.0. The largest absolute Gasteiger partial charge is 0.479 e. The highest BCUT2D eigenvalue weighted by Gasteiger charge is 2.41. The van der Waals surface area contributed by atoms with E-state index in [1.54, 1.807) is 0 Å². The van der Waals surface area contributed by atoms with Crippen LogP contribution in [0.4, 0.5) is 10.1 Å². The third kappa shape index (κ3) is 4.00. The van der Waals surface area contributed by atoms with Gasteiger partial charge in [-0.3, -0.25) is 9.59 Å². The molecule has 1 aromatic carbocycles. The van der Waals surface area contributed by atoms with E-state index in [1.165, 1.54) is 6.07 Å². The Morgan fingerprint density at radius 2 is 1.74 bits per heavy atom. The van der Waals surface area contributed by atoms with Gasteiger partial charge in [0.1, 0.15) is 24.8 Å². The van der Waals surface area contributed by atoms with Crippen LogP contribution in [0, 0.1) is 17.7 Å². The summed E-state index contributed by atoms with van der Waals surface area (Å²) in [5, 5.41) is 0.0414. The smallest absolute Gasteiger partial charge is 0.261 e. The van der Waals surface area contributed by atoms with Crippen LogP contribution >= 0.6 is 11.6 Å². The number of amides is 2. The molecule has 2 amide bonds. The fraction of sp³-hybridized carbons (Fsp3) is 0.400. The minimum atomic E-state index is -0.753. The minimum Gasteiger partial charge on any atom is -0.479 e. The van der Waals surface area contributed by atoms with Gasteiger partial charge in [-0.15, -0.1) is 0 Å². The van der Waals surface area contributed by atoms with E-state index in [0.717, 1.165) is 23.8 Å². The molecule has 142 valence electrons. The van der Waals surface area contributed by atoms with Crippen molar-refractivity contribution in [1.82, 2.24) is 0 Å². The average molecular weight is 392 g/mol. The van der Waals surface area contributed by atoms with Crippen LogP contribution in [0.15, 0.2) is 23.3 Å². The number of rotatable bonds is 5. The van der Waals surface area contributed by atoms with E-state index in [-0.39, 0.29) is 29.7 Å². The maximum absolute atomic E-state index is 14.5. The zero-order valence-electron chi connectivity index (χ0n) is 14.9. The number of hydrogen-bond donors (Lipinski definition) is 0. The molecule has 0 saturated heterocycles. The monoisotopic (exact) mass is 391 g/mol. The quantitative estimate of drug-likeness (QED) is 0.437. The molecule has 1 aliphatic carbocycles. The molecule has 1 heterocycles. The van der Waals surface area contributed by atoms with Crippen LogP contribution in [-0.4, -0.2) is 31.6 Å². The van der Waals surface area contributed by atoms with E-state index < -0.39 is 17.6 Å². The predicted octanol–water partition coefficient (Wildman–Crippen LogP) is 3.64. The van der Waals surface area contributed by atoms with Crippen LogP contribution in [0.25, 0.3) is 0 Å². The summed E-state index contributed by atoms with van der Waals surface area (Å²) in [5.74, 6) is 4.00. The van der Waals surface area contributed by atoms with E-state index in [0.29, 0.717) is 30.6 Å². The van der Waals surface area contributed by atoms with Gasteiger partial charge in [0, 0.05) is 23.8 Å². The van der Waals surface area contributed by atoms with Crippen molar-refractivity contribution in [3.63, 3.8) is 0 Å². The Balaban J connectivity index is 1.81. The molecule has 0 radical (unpaired) electrons. The first kappa shape index (κ1) is 19.4. The molecule has 5 nitrogen and oxygen atoms in total. The number of nitrogens with zero attached hydrogens (tertiary/aromatic N) is 1. The molecule has 0 spiro atoms. The van der Waals surface area contributed by atoms with E-state index >= 15 is 0 Å². The molecule has 0 N–H and O–H groups in total. The summed E-state index contributed by atoms with van der Waals surface area (Å²) >= 11 is 6.03. The van der Waals surface area contributed by atoms with E-state index in [9.17, 15) is 14.0 Å². The van der Waals surface area contributed by atoms with Gasteiger partial charge in [0.25, 0.3) is 11.8 Å². The van der Waals surface area contributed by atoms with Crippen molar-refractivity contribution in [2.75, 3.05) is 24.7 Å². The highest BCUT2D eigenvalue weighted by atomic mass is 35.5. The Bertz CT molecular complexity index is 841. The molecule has 3 rings (SSSR count). The summed E-state index contributed by atoms with van der Waals surface area (Å²) in [6.45, 7) is 2.75. The van der Waals surface area contributed by atoms with Crippen LogP contribution in [0.3, 0.4) is 0 Å². The second-order valence-electron chi connectivity index (χ2n) is 6.12. The number of carbonyl (C=O) groups is 2. The Morgan fingerprint density at radius 3 is 2.37 bits per heavy atom. The highest BCUT2D eigenvalue weighted by molar-refractivity contribution is 6.34. The van der Waals surface area contributed by atoms with Gasteiger partial charge in [-0.2, -0.15) is 0 Å². The summed E-state index contributed by atoms with van der Waals surface area (Å²) < 4.78 is 25.0. The van der Waals surface area contributed by atoms with Gasteiger partial charge in [-0.25, -0.2) is 9.29 Å². The van der Waals surface area contributed by atoms with Gasteiger partial charge in [-0.1, -0.05) is 23.4 Å². The molecule has 7 heteroatoms. The summed E-state index contributed by atoms with van der Waals surface area (Å²) in [4.78, 5) is 26.1. The Kier molecular flexibility index (Phi) is 6.15. The zero-order chi connectivity index (χ0) is 19.4. The molecule has 1 aliphatic heterocycles. The standard InChI is InChI=1S/C20H19ClFNO4/c1-2-26-9-5-6-10-27-18-12-17(16(22)11-15(18)21)23-19(24)13-7-3-4-8-14(13)20(23)25/h11-12H,2-4,7-10H2,1H3. The maximum Gasteiger partial charge on any atom is 0.261 e. The van der Waals surface area contributed by atoms with Crippen molar-refractivity contribution < 1.29 is 23.5 Å². The van der Waals surface area contributed by atoms with Gasteiger partial charge in [-0.05, 0) is 38.7 Å². The summed E-state index contributed by atoms with van der Waals surface area (Å²) in [6, 6.07) is 2.31. The molecule has 2 aliphatic rings. The van der Waals surface area contributed by atoms with Gasteiger partial charge in [0.05, 0.1) is 10.7 Å². The summed E-state index contributed by atoms with van der Waals surface area (Å²) in [6.07, 6.45) is 2.79. The van der Waals surface area contributed by atoms with Gasteiger partial charge < -0.3 is 9.47 Å². The lowest BCUT2D eigenvalue weighted by molar-refractivity contribution is -0.120. The number of anilines is 1. The highest BCUT2D eigenvalue weighted by Crippen LogP contribution is 2.39. The Morgan fingerprint density at radius 1 is 1.11 bits per heavy atom. The molecular formula is C20H19ClFNO4. The first-order valence-corrected chi connectivity index (χ1v) is 9.18. The van der Waals surface area contributed by atoms with Crippen LogP contribution in [-0.2, 0) is 14.3 Å². The third-order valence-corrected chi connectivity index (χ3v) is 4.73. The van der Waals surface area contributed by atoms with Crippen molar-refractivity contribution in [3.05, 3.63) is 34.1 Å². The maximum atomic E-state index is 14.5. The van der Waals surface area contributed by atoms with Crippen molar-refractivity contribution >= 4 is 29.1 Å². The van der Waals surface area contributed by atoms with E-state index in [4.69, 9.17) is 21.1 Å². The van der Waals surface area contributed by atoms with Crippen molar-refractivity contribution in [2.24, 2.45) is 0 Å². The topological polar surface area (TPSA) is 55.8 Å². The van der Waals surface area contributed by atoms with Gasteiger partial charge in [0.2, 0.25) is 0 Å². The third-order valence-electron chi connectivity index (χ3n) is 4.44. The fourth-order valence-corrected chi connectivity index (χ4v) is 3.33. The average Bonchev–Trinajstić information content (AvgIpc) is 2.91. The van der Waals surface area contributed by atoms with Crippen molar-refractivity contribution in [2.45, 2.75) is 32.6 Å². The number of hydrogen-bond acceptors (Lipinski definition) is 4. The predicted molar refractivity (Wildman–Crippen MR) is 99.2 cm³/mol. The summed E-state index contributed by atoms with van der Waals surface area (Å²) in [5.41, 5.74) is 0.829. The number of carbonyl (C=O) groups excluding carboxylic acids is 2. The molecule has 0 bridgehead atoms. The first-order valence-electron chi connectivity index (χ1n) is 8.80. The Hall–Kier alpha value is -2.36. The molecule has 0 unspecified atom stereocenters. The SMILES string of the molecule is CCOCC#CCOc1cc(N2C(=O)C3=C(CCCC3)C2=O)c(F)cc1Cl. The number of halogens is 2. The van der Waals surface area contributed by atoms with Crippen molar-refractivity contribution in [1.29, 1.82) is 0 Å². The molecule has 1 aromatic rings. The lowest BCUT2D eigenvalue weighted by Gasteiger charge is -2.17. The number of benzene rings is 1. The molecule has 0 atom stereocenters. The minimum absolute atomic E-state index is 0.0223. The molecule has 0 aromatic heterocycles. The fourth-order valence-electron chi connectivity index (χ4n) is 3.13. The van der Waals surface area contributed by atoms with E-state index in [2.05, 4.69) is 11.8 Å². The normalized spacial score (nSPS) is 16.3. The number of ether oxygens (including phenoxy) is 2. The Labute approximate surface area is 162 Å². The van der Waals surface area contributed by atoms with Crippen LogP contribution in [0.2, 0.25) is 5.02 Å². The van der Waals surface area contributed by atoms with Crippen LogP contribution in [0.1, 0.15) is 32.6 Å². The second-order valence-corrected chi connectivity index (χ2v) is 6.53.